The summed E-state index contributed by atoms with van der Waals surface area (Å²) in [5.74, 6) is -0.188. The SMILES string of the molecule is O=C(NCc1ccc(CN2CCC(O)CC2)cc1)c1cc(Cl)cc2cccnc12. The van der Waals surface area contributed by atoms with Gasteiger partial charge >= 0.3 is 0 Å². The Morgan fingerprint density at radius 1 is 1.14 bits per heavy atom. The summed E-state index contributed by atoms with van der Waals surface area (Å²) < 4.78 is 0. The van der Waals surface area contributed by atoms with Gasteiger partial charge in [-0.15, -0.1) is 0 Å². The Bertz CT molecular complexity index is 999. The van der Waals surface area contributed by atoms with Crippen molar-refractivity contribution in [1.29, 1.82) is 0 Å². The predicted molar refractivity (Wildman–Crippen MR) is 115 cm³/mol. The topological polar surface area (TPSA) is 65.5 Å². The number of piperidine rings is 1. The number of hydrogen-bond donors (Lipinski definition) is 2. The number of carbonyl (C=O) groups is 1. The van der Waals surface area contributed by atoms with E-state index in [1.807, 2.05) is 30.3 Å². The number of nitrogens with one attached hydrogen (secondary N) is 1. The maximum Gasteiger partial charge on any atom is 0.253 e. The molecule has 0 atom stereocenters. The van der Waals surface area contributed by atoms with Gasteiger partial charge in [-0.2, -0.15) is 0 Å². The number of benzene rings is 2. The molecule has 0 spiro atoms. The Labute approximate surface area is 175 Å². The van der Waals surface area contributed by atoms with Gasteiger partial charge in [0.1, 0.15) is 0 Å². The summed E-state index contributed by atoms with van der Waals surface area (Å²) in [6, 6.07) is 15.5. The Balaban J connectivity index is 1.37. The second-order valence-corrected chi connectivity index (χ2v) is 7.97. The minimum absolute atomic E-state index is 0.149. The molecule has 0 aliphatic carbocycles. The van der Waals surface area contributed by atoms with Crippen LogP contribution in [-0.4, -0.2) is 40.1 Å². The van der Waals surface area contributed by atoms with Gasteiger partial charge in [0.15, 0.2) is 0 Å². The fraction of sp³-hybridized carbons (Fsp3) is 0.304. The first-order valence-electron chi connectivity index (χ1n) is 9.89. The fourth-order valence-corrected chi connectivity index (χ4v) is 3.93. The Morgan fingerprint density at radius 3 is 2.62 bits per heavy atom. The van der Waals surface area contributed by atoms with Crippen molar-refractivity contribution in [3.8, 4) is 0 Å². The lowest BCUT2D eigenvalue weighted by atomic mass is 10.1. The molecule has 6 heteroatoms. The number of nitrogens with zero attached hydrogens (tertiary/aromatic N) is 2. The molecule has 1 fully saturated rings. The molecule has 0 unspecified atom stereocenters. The third kappa shape index (κ3) is 4.93. The highest BCUT2D eigenvalue weighted by Crippen LogP contribution is 2.22. The molecule has 4 rings (SSSR count). The van der Waals surface area contributed by atoms with E-state index in [9.17, 15) is 9.90 Å². The van der Waals surface area contributed by atoms with Gasteiger partial charge in [-0.3, -0.25) is 14.7 Å². The molecule has 0 radical (unpaired) electrons. The van der Waals surface area contributed by atoms with Crippen molar-refractivity contribution in [1.82, 2.24) is 15.2 Å². The molecule has 29 heavy (non-hydrogen) atoms. The summed E-state index contributed by atoms with van der Waals surface area (Å²) in [5, 5.41) is 13.9. The summed E-state index contributed by atoms with van der Waals surface area (Å²) in [5.41, 5.74) is 3.41. The number of halogens is 1. The maximum absolute atomic E-state index is 12.7. The van der Waals surface area contributed by atoms with E-state index in [4.69, 9.17) is 11.6 Å². The van der Waals surface area contributed by atoms with Gasteiger partial charge in [0, 0.05) is 42.8 Å². The van der Waals surface area contributed by atoms with Gasteiger partial charge in [-0.25, -0.2) is 0 Å². The zero-order valence-corrected chi connectivity index (χ0v) is 16.9. The van der Waals surface area contributed by atoms with Crippen molar-refractivity contribution in [2.24, 2.45) is 0 Å². The number of rotatable bonds is 5. The number of amides is 1. The van der Waals surface area contributed by atoms with Gasteiger partial charge in [-0.05, 0) is 42.2 Å². The highest BCUT2D eigenvalue weighted by molar-refractivity contribution is 6.32. The molecule has 3 aromatic rings. The third-order valence-corrected chi connectivity index (χ3v) is 5.57. The first-order valence-corrected chi connectivity index (χ1v) is 10.3. The van der Waals surface area contributed by atoms with Crippen LogP contribution < -0.4 is 5.32 Å². The molecule has 1 aliphatic rings. The molecule has 0 bridgehead atoms. The van der Waals surface area contributed by atoms with E-state index in [1.165, 1.54) is 5.56 Å². The van der Waals surface area contributed by atoms with Crippen molar-refractivity contribution >= 4 is 28.4 Å². The first-order chi connectivity index (χ1) is 14.1. The Morgan fingerprint density at radius 2 is 1.86 bits per heavy atom. The lowest BCUT2D eigenvalue weighted by molar-refractivity contribution is 0.0792. The third-order valence-electron chi connectivity index (χ3n) is 5.35. The minimum Gasteiger partial charge on any atom is -0.393 e. The zero-order valence-electron chi connectivity index (χ0n) is 16.1. The monoisotopic (exact) mass is 409 g/mol. The molecule has 150 valence electrons. The quantitative estimate of drug-likeness (QED) is 0.673. The first kappa shape index (κ1) is 19.8. The number of likely N-dealkylation sites (tertiary alicyclic amines) is 1. The number of aliphatic hydroxyl groups is 1. The number of aliphatic hydroxyl groups excluding tert-OH is 1. The largest absolute Gasteiger partial charge is 0.393 e. The van der Waals surface area contributed by atoms with E-state index in [1.54, 1.807) is 12.3 Å². The van der Waals surface area contributed by atoms with E-state index in [2.05, 4.69) is 27.3 Å². The number of aromatic nitrogens is 1. The van der Waals surface area contributed by atoms with Crippen LogP contribution in [0, 0.1) is 0 Å². The summed E-state index contributed by atoms with van der Waals surface area (Å²) in [4.78, 5) is 19.4. The van der Waals surface area contributed by atoms with Crippen LogP contribution in [0.3, 0.4) is 0 Å². The van der Waals surface area contributed by atoms with Crippen LogP contribution in [0.25, 0.3) is 10.9 Å². The van der Waals surface area contributed by atoms with E-state index >= 15 is 0 Å². The maximum atomic E-state index is 12.7. The van der Waals surface area contributed by atoms with Crippen molar-refractivity contribution in [2.45, 2.75) is 32.0 Å². The molecule has 2 N–H and O–H groups in total. The molecule has 1 aromatic heterocycles. The summed E-state index contributed by atoms with van der Waals surface area (Å²) in [7, 11) is 0. The van der Waals surface area contributed by atoms with Crippen LogP contribution in [0.15, 0.2) is 54.7 Å². The highest BCUT2D eigenvalue weighted by Gasteiger charge is 2.17. The number of carbonyl (C=O) groups excluding carboxylic acids is 1. The lowest BCUT2D eigenvalue weighted by Gasteiger charge is -2.29. The molecule has 1 amide bonds. The highest BCUT2D eigenvalue weighted by atomic mass is 35.5. The van der Waals surface area contributed by atoms with E-state index in [0.717, 1.165) is 43.4 Å². The summed E-state index contributed by atoms with van der Waals surface area (Å²) in [6.45, 7) is 3.19. The molecule has 1 aliphatic heterocycles. The van der Waals surface area contributed by atoms with E-state index < -0.39 is 0 Å². The van der Waals surface area contributed by atoms with Crippen molar-refractivity contribution in [2.75, 3.05) is 13.1 Å². The van der Waals surface area contributed by atoms with Gasteiger partial charge in [-0.1, -0.05) is 41.9 Å². The van der Waals surface area contributed by atoms with Crippen LogP contribution >= 0.6 is 11.6 Å². The van der Waals surface area contributed by atoms with Crippen LogP contribution in [0.5, 0.6) is 0 Å². The molecular weight excluding hydrogens is 386 g/mol. The second kappa shape index (κ2) is 8.91. The number of pyridine rings is 1. The second-order valence-electron chi connectivity index (χ2n) is 7.53. The van der Waals surface area contributed by atoms with Crippen molar-refractivity contribution < 1.29 is 9.90 Å². The fourth-order valence-electron chi connectivity index (χ4n) is 3.70. The van der Waals surface area contributed by atoms with Crippen LogP contribution in [-0.2, 0) is 13.1 Å². The smallest absolute Gasteiger partial charge is 0.253 e. The van der Waals surface area contributed by atoms with E-state index in [-0.39, 0.29) is 12.0 Å². The average molecular weight is 410 g/mol. The van der Waals surface area contributed by atoms with Crippen LogP contribution in [0.2, 0.25) is 5.02 Å². The van der Waals surface area contributed by atoms with Gasteiger partial charge in [0.2, 0.25) is 0 Å². The summed E-state index contributed by atoms with van der Waals surface area (Å²) >= 11 is 6.16. The van der Waals surface area contributed by atoms with Gasteiger partial charge in [0.25, 0.3) is 5.91 Å². The molecule has 5 nitrogen and oxygen atoms in total. The Kier molecular flexibility index (Phi) is 6.09. The van der Waals surface area contributed by atoms with Crippen molar-refractivity contribution in [3.63, 3.8) is 0 Å². The lowest BCUT2D eigenvalue weighted by Crippen LogP contribution is -2.35. The number of fused-ring (bicyclic) bond motifs is 1. The molecule has 2 aromatic carbocycles. The van der Waals surface area contributed by atoms with Crippen molar-refractivity contribution in [3.05, 3.63) is 76.4 Å². The minimum atomic E-state index is -0.188. The van der Waals surface area contributed by atoms with Crippen LogP contribution in [0.1, 0.15) is 34.3 Å². The van der Waals surface area contributed by atoms with E-state index in [0.29, 0.717) is 22.6 Å². The summed E-state index contributed by atoms with van der Waals surface area (Å²) in [6.07, 6.45) is 3.22. The van der Waals surface area contributed by atoms with Crippen LogP contribution in [0.4, 0.5) is 0 Å². The number of hydrogen-bond acceptors (Lipinski definition) is 4. The Hall–Kier alpha value is -2.47. The predicted octanol–water partition coefficient (Wildman–Crippen LogP) is 3.77. The van der Waals surface area contributed by atoms with Gasteiger partial charge < -0.3 is 10.4 Å². The standard InChI is InChI=1S/C23H24ClN3O2/c24-19-12-18-2-1-9-25-22(18)21(13-19)23(29)26-14-16-3-5-17(6-4-16)15-27-10-7-20(28)8-11-27/h1-6,9,12-13,20,28H,7-8,10-11,14-15H2,(H,26,29). The molecule has 2 heterocycles. The molecular formula is C23H24ClN3O2. The zero-order chi connectivity index (χ0) is 20.2. The average Bonchev–Trinajstić information content (AvgIpc) is 2.74. The van der Waals surface area contributed by atoms with Gasteiger partial charge in [0.05, 0.1) is 17.2 Å². The molecule has 1 saturated heterocycles. The molecule has 0 saturated carbocycles. The normalized spacial score (nSPS) is 15.5.